The molecule has 1 atom stereocenters. The van der Waals surface area contributed by atoms with Crippen LogP contribution in [0.5, 0.6) is 0 Å². The van der Waals surface area contributed by atoms with Crippen LogP contribution in [0.1, 0.15) is 45.4 Å². The van der Waals surface area contributed by atoms with E-state index in [-0.39, 0.29) is 6.42 Å². The first kappa shape index (κ1) is 11.4. The van der Waals surface area contributed by atoms with Crippen LogP contribution in [-0.4, -0.2) is 22.3 Å². The molecular weight excluding hydrogens is 156 g/mol. The third kappa shape index (κ3) is 7.54. The van der Waals surface area contributed by atoms with Crippen molar-refractivity contribution >= 4 is 5.97 Å². The predicted octanol–water partition coefficient (Wildman–Crippen LogP) is 1.79. The number of rotatable bonds is 7. The summed E-state index contributed by atoms with van der Waals surface area (Å²) in [7, 11) is 0. The fourth-order valence-corrected chi connectivity index (χ4v) is 1.11. The van der Waals surface area contributed by atoms with Crippen LogP contribution in [0.25, 0.3) is 0 Å². The minimum atomic E-state index is -0.919. The molecule has 0 saturated carbocycles. The van der Waals surface area contributed by atoms with E-state index in [1.165, 1.54) is 6.42 Å². The van der Waals surface area contributed by atoms with Crippen LogP contribution in [0, 0.1) is 0 Å². The summed E-state index contributed by atoms with van der Waals surface area (Å²) in [6, 6.07) is 0. The third-order valence-electron chi connectivity index (χ3n) is 1.80. The van der Waals surface area contributed by atoms with Crippen LogP contribution in [0.3, 0.4) is 0 Å². The summed E-state index contributed by atoms with van der Waals surface area (Å²) in [5.41, 5.74) is 0. The Balaban J connectivity index is 3.19. The predicted molar refractivity (Wildman–Crippen MR) is 47.0 cm³/mol. The molecule has 0 spiro atoms. The molecule has 0 unspecified atom stereocenters. The van der Waals surface area contributed by atoms with Gasteiger partial charge in [-0.05, 0) is 6.42 Å². The molecule has 0 saturated heterocycles. The molecule has 0 heterocycles. The first-order chi connectivity index (χ1) is 5.66. The van der Waals surface area contributed by atoms with Gasteiger partial charge in [0.2, 0.25) is 0 Å². The second-order valence-electron chi connectivity index (χ2n) is 3.10. The number of aliphatic hydroxyl groups is 1. The van der Waals surface area contributed by atoms with Gasteiger partial charge in [0.15, 0.2) is 0 Å². The summed E-state index contributed by atoms with van der Waals surface area (Å²) < 4.78 is 0. The summed E-state index contributed by atoms with van der Waals surface area (Å²) in [4.78, 5) is 10.1. The Morgan fingerprint density at radius 3 is 2.50 bits per heavy atom. The fourth-order valence-electron chi connectivity index (χ4n) is 1.11. The smallest absolute Gasteiger partial charge is 0.305 e. The lowest BCUT2D eigenvalue weighted by Crippen LogP contribution is -2.12. The van der Waals surface area contributed by atoms with Crippen LogP contribution in [-0.2, 0) is 4.79 Å². The molecule has 0 rings (SSSR count). The van der Waals surface area contributed by atoms with Crippen molar-refractivity contribution in [2.75, 3.05) is 0 Å². The Hall–Kier alpha value is -0.570. The van der Waals surface area contributed by atoms with Crippen molar-refractivity contribution in [3.05, 3.63) is 0 Å². The molecule has 0 fully saturated rings. The average molecular weight is 174 g/mol. The van der Waals surface area contributed by atoms with Crippen LogP contribution < -0.4 is 0 Å². The molecule has 0 aromatic rings. The molecule has 3 heteroatoms. The van der Waals surface area contributed by atoms with Crippen molar-refractivity contribution in [2.24, 2.45) is 0 Å². The molecule has 0 aliphatic carbocycles. The van der Waals surface area contributed by atoms with Crippen molar-refractivity contribution in [1.82, 2.24) is 0 Å². The van der Waals surface area contributed by atoms with Crippen LogP contribution in [0.4, 0.5) is 0 Å². The maximum absolute atomic E-state index is 10.1. The number of aliphatic hydroxyl groups excluding tert-OH is 1. The quantitative estimate of drug-likeness (QED) is 0.578. The summed E-state index contributed by atoms with van der Waals surface area (Å²) in [5.74, 6) is -0.919. The minimum absolute atomic E-state index is 0.119. The molecular formula is C9H18O3. The summed E-state index contributed by atoms with van der Waals surface area (Å²) >= 11 is 0. The Bertz CT molecular complexity index is 123. The summed E-state index contributed by atoms with van der Waals surface area (Å²) in [6.45, 7) is 2.12. The zero-order valence-electron chi connectivity index (χ0n) is 7.62. The maximum atomic E-state index is 10.1. The number of carboxylic acids is 1. The molecule has 0 aliphatic rings. The number of hydrogen-bond acceptors (Lipinski definition) is 2. The van der Waals surface area contributed by atoms with Gasteiger partial charge in [0.05, 0.1) is 12.5 Å². The molecule has 0 aromatic heterocycles. The molecule has 0 bridgehead atoms. The molecule has 2 N–H and O–H groups in total. The zero-order valence-corrected chi connectivity index (χ0v) is 7.62. The van der Waals surface area contributed by atoms with E-state index in [9.17, 15) is 4.79 Å². The molecule has 0 amide bonds. The van der Waals surface area contributed by atoms with Crippen LogP contribution in [0.2, 0.25) is 0 Å². The van der Waals surface area contributed by atoms with Gasteiger partial charge >= 0.3 is 5.97 Å². The van der Waals surface area contributed by atoms with Gasteiger partial charge in [0, 0.05) is 0 Å². The molecule has 72 valence electrons. The highest BCUT2D eigenvalue weighted by atomic mass is 16.4. The SMILES string of the molecule is CCCCCC[C@H](O)CC(=O)O. The first-order valence-electron chi connectivity index (χ1n) is 4.56. The second kappa shape index (κ2) is 7.10. The standard InChI is InChI=1S/C9H18O3/c1-2-3-4-5-6-8(10)7-9(11)12/h8,10H,2-7H2,1H3,(H,11,12)/t8-/m0/s1. The Kier molecular flexibility index (Phi) is 6.76. The Labute approximate surface area is 73.4 Å². The van der Waals surface area contributed by atoms with Crippen LogP contribution in [0.15, 0.2) is 0 Å². The summed E-state index contributed by atoms with van der Waals surface area (Å²) in [6.07, 6.45) is 4.20. The van der Waals surface area contributed by atoms with Gasteiger partial charge in [-0.1, -0.05) is 32.6 Å². The van der Waals surface area contributed by atoms with E-state index < -0.39 is 12.1 Å². The fraction of sp³-hybridized carbons (Fsp3) is 0.889. The number of hydrogen-bond donors (Lipinski definition) is 2. The number of carboxylic acid groups (broad SMARTS) is 1. The number of aliphatic carboxylic acids is 1. The highest BCUT2D eigenvalue weighted by Crippen LogP contribution is 2.07. The molecule has 12 heavy (non-hydrogen) atoms. The Morgan fingerprint density at radius 2 is 2.00 bits per heavy atom. The average Bonchev–Trinajstić information content (AvgIpc) is 1.97. The van der Waals surface area contributed by atoms with Crippen molar-refractivity contribution in [3.8, 4) is 0 Å². The van der Waals surface area contributed by atoms with Gasteiger partial charge in [0.25, 0.3) is 0 Å². The highest BCUT2D eigenvalue weighted by molar-refractivity contribution is 5.67. The van der Waals surface area contributed by atoms with E-state index >= 15 is 0 Å². The normalized spacial score (nSPS) is 12.8. The van der Waals surface area contributed by atoms with Gasteiger partial charge in [-0.15, -0.1) is 0 Å². The maximum Gasteiger partial charge on any atom is 0.305 e. The van der Waals surface area contributed by atoms with Gasteiger partial charge in [-0.25, -0.2) is 0 Å². The van der Waals surface area contributed by atoms with E-state index in [1.807, 2.05) is 0 Å². The topological polar surface area (TPSA) is 57.5 Å². The van der Waals surface area contributed by atoms with Crippen molar-refractivity contribution < 1.29 is 15.0 Å². The van der Waals surface area contributed by atoms with Gasteiger partial charge in [-0.2, -0.15) is 0 Å². The largest absolute Gasteiger partial charge is 0.481 e. The van der Waals surface area contributed by atoms with Crippen molar-refractivity contribution in [3.63, 3.8) is 0 Å². The van der Waals surface area contributed by atoms with Gasteiger partial charge in [-0.3, -0.25) is 4.79 Å². The highest BCUT2D eigenvalue weighted by Gasteiger charge is 2.07. The van der Waals surface area contributed by atoms with E-state index in [0.29, 0.717) is 6.42 Å². The first-order valence-corrected chi connectivity index (χ1v) is 4.56. The molecule has 0 aromatic carbocycles. The van der Waals surface area contributed by atoms with E-state index in [0.717, 1.165) is 19.3 Å². The third-order valence-corrected chi connectivity index (χ3v) is 1.80. The van der Waals surface area contributed by atoms with E-state index in [2.05, 4.69) is 6.92 Å². The monoisotopic (exact) mass is 174 g/mol. The lowest BCUT2D eigenvalue weighted by atomic mass is 10.1. The minimum Gasteiger partial charge on any atom is -0.481 e. The van der Waals surface area contributed by atoms with E-state index in [4.69, 9.17) is 10.2 Å². The second-order valence-corrected chi connectivity index (χ2v) is 3.10. The zero-order chi connectivity index (χ0) is 9.40. The molecule has 3 nitrogen and oxygen atoms in total. The summed E-state index contributed by atoms with van der Waals surface area (Å²) in [5, 5.41) is 17.5. The van der Waals surface area contributed by atoms with Gasteiger partial charge < -0.3 is 10.2 Å². The lowest BCUT2D eigenvalue weighted by Gasteiger charge is -2.06. The number of unbranched alkanes of at least 4 members (excludes halogenated alkanes) is 3. The van der Waals surface area contributed by atoms with Crippen LogP contribution >= 0.6 is 0 Å². The van der Waals surface area contributed by atoms with Gasteiger partial charge in [0.1, 0.15) is 0 Å². The lowest BCUT2D eigenvalue weighted by molar-refractivity contribution is -0.139. The van der Waals surface area contributed by atoms with Crippen molar-refractivity contribution in [2.45, 2.75) is 51.6 Å². The van der Waals surface area contributed by atoms with Crippen molar-refractivity contribution in [1.29, 1.82) is 0 Å². The van der Waals surface area contributed by atoms with E-state index in [1.54, 1.807) is 0 Å². The Morgan fingerprint density at radius 1 is 1.33 bits per heavy atom. The molecule has 0 aliphatic heterocycles. The molecule has 0 radical (unpaired) electrons. The number of carbonyl (C=O) groups is 1.